The number of fused-ring (bicyclic) bond motifs is 1. The van der Waals surface area contributed by atoms with Gasteiger partial charge in [-0.05, 0) is 30.0 Å². The SMILES string of the molecule is Cc1ccc(OCC(=O)Nc2ccccc2-c2cn3ccsc3n2)c(C(C)(C)C)c1. The maximum absolute atomic E-state index is 12.7. The summed E-state index contributed by atoms with van der Waals surface area (Å²) in [6.07, 6.45) is 3.94. The van der Waals surface area contributed by atoms with Gasteiger partial charge in [0.15, 0.2) is 11.6 Å². The van der Waals surface area contributed by atoms with Gasteiger partial charge in [-0.15, -0.1) is 11.3 Å². The standard InChI is InChI=1S/C24H25N3O2S/c1-16-9-10-21(18(13-16)24(2,3)4)29-15-22(28)25-19-8-6-5-7-17(19)20-14-27-11-12-30-23(27)26-20/h5-14H,15H2,1-4H3,(H,25,28). The van der Waals surface area contributed by atoms with Crippen LogP contribution in [0.2, 0.25) is 0 Å². The van der Waals surface area contributed by atoms with Crippen LogP contribution >= 0.6 is 11.3 Å². The predicted molar refractivity (Wildman–Crippen MR) is 123 cm³/mol. The average Bonchev–Trinajstić information content (AvgIpc) is 3.29. The van der Waals surface area contributed by atoms with Crippen molar-refractivity contribution in [1.82, 2.24) is 9.38 Å². The maximum atomic E-state index is 12.7. The number of amides is 1. The highest BCUT2D eigenvalue weighted by Crippen LogP contribution is 2.32. The van der Waals surface area contributed by atoms with Crippen LogP contribution in [-0.2, 0) is 10.2 Å². The van der Waals surface area contributed by atoms with Crippen LogP contribution in [0.15, 0.2) is 60.2 Å². The van der Waals surface area contributed by atoms with Gasteiger partial charge in [0.1, 0.15) is 5.75 Å². The maximum Gasteiger partial charge on any atom is 0.262 e. The first-order valence-corrected chi connectivity index (χ1v) is 10.7. The molecule has 0 aliphatic rings. The lowest BCUT2D eigenvalue weighted by atomic mass is 9.85. The van der Waals surface area contributed by atoms with Gasteiger partial charge in [0.25, 0.3) is 5.91 Å². The van der Waals surface area contributed by atoms with Gasteiger partial charge in [-0.25, -0.2) is 4.98 Å². The normalized spacial score (nSPS) is 11.6. The largest absolute Gasteiger partial charge is 0.483 e. The van der Waals surface area contributed by atoms with Crippen molar-refractivity contribution in [1.29, 1.82) is 0 Å². The quantitative estimate of drug-likeness (QED) is 0.452. The molecule has 0 fully saturated rings. The fourth-order valence-electron chi connectivity index (χ4n) is 3.36. The minimum Gasteiger partial charge on any atom is -0.483 e. The van der Waals surface area contributed by atoms with E-state index in [2.05, 4.69) is 44.1 Å². The van der Waals surface area contributed by atoms with Gasteiger partial charge in [0.05, 0.1) is 11.4 Å². The average molecular weight is 420 g/mol. The highest BCUT2D eigenvalue weighted by Gasteiger charge is 2.20. The zero-order valence-electron chi connectivity index (χ0n) is 17.6. The zero-order valence-corrected chi connectivity index (χ0v) is 18.4. The second kappa shape index (κ2) is 7.95. The Hall–Kier alpha value is -3.12. The van der Waals surface area contributed by atoms with Crippen LogP contribution in [0.1, 0.15) is 31.9 Å². The molecule has 0 radical (unpaired) electrons. The van der Waals surface area contributed by atoms with Crippen molar-refractivity contribution < 1.29 is 9.53 Å². The van der Waals surface area contributed by atoms with Gasteiger partial charge < -0.3 is 10.1 Å². The van der Waals surface area contributed by atoms with Crippen LogP contribution in [0.3, 0.4) is 0 Å². The van der Waals surface area contributed by atoms with Crippen molar-refractivity contribution in [3.8, 4) is 17.0 Å². The number of hydrogen-bond donors (Lipinski definition) is 1. The van der Waals surface area contributed by atoms with Gasteiger partial charge in [0.2, 0.25) is 0 Å². The number of imidazole rings is 1. The molecule has 0 bridgehead atoms. The van der Waals surface area contributed by atoms with E-state index in [4.69, 9.17) is 4.74 Å². The van der Waals surface area contributed by atoms with Crippen LogP contribution in [0.4, 0.5) is 5.69 Å². The second-order valence-corrected chi connectivity index (χ2v) is 9.22. The number of rotatable bonds is 5. The molecule has 2 aromatic carbocycles. The first-order chi connectivity index (χ1) is 14.3. The van der Waals surface area contributed by atoms with Gasteiger partial charge in [-0.3, -0.25) is 9.20 Å². The zero-order chi connectivity index (χ0) is 21.3. The Labute approximate surface area is 180 Å². The number of benzene rings is 2. The van der Waals surface area contributed by atoms with Crippen LogP contribution in [-0.4, -0.2) is 21.9 Å². The third kappa shape index (κ3) is 4.24. The monoisotopic (exact) mass is 419 g/mol. The lowest BCUT2D eigenvalue weighted by molar-refractivity contribution is -0.118. The Morgan fingerprint density at radius 2 is 2.00 bits per heavy atom. The molecule has 4 aromatic rings. The third-order valence-corrected chi connectivity index (χ3v) is 5.64. The van der Waals surface area contributed by atoms with E-state index < -0.39 is 0 Å². The molecule has 0 atom stereocenters. The van der Waals surface area contributed by atoms with Crippen molar-refractivity contribution in [3.63, 3.8) is 0 Å². The van der Waals surface area contributed by atoms with E-state index in [1.807, 2.05) is 58.6 Å². The minimum absolute atomic E-state index is 0.0568. The topological polar surface area (TPSA) is 55.6 Å². The van der Waals surface area contributed by atoms with Gasteiger partial charge in [-0.1, -0.05) is 56.7 Å². The molecule has 0 unspecified atom stereocenters. The van der Waals surface area contributed by atoms with Crippen molar-refractivity contribution in [2.24, 2.45) is 0 Å². The van der Waals surface area contributed by atoms with E-state index in [1.54, 1.807) is 11.3 Å². The van der Waals surface area contributed by atoms with E-state index in [9.17, 15) is 4.79 Å². The molecule has 0 saturated heterocycles. The molecular formula is C24H25N3O2S. The summed E-state index contributed by atoms with van der Waals surface area (Å²) < 4.78 is 7.88. The molecule has 2 aromatic heterocycles. The number of carbonyl (C=O) groups excluding carboxylic acids is 1. The molecule has 154 valence electrons. The Morgan fingerprint density at radius 1 is 1.20 bits per heavy atom. The fraction of sp³-hybridized carbons (Fsp3) is 0.250. The van der Waals surface area contributed by atoms with Gasteiger partial charge >= 0.3 is 0 Å². The lowest BCUT2D eigenvalue weighted by Gasteiger charge is -2.23. The molecule has 1 amide bonds. The van der Waals surface area contributed by atoms with Crippen molar-refractivity contribution >= 4 is 27.9 Å². The van der Waals surface area contributed by atoms with E-state index >= 15 is 0 Å². The number of thiazole rings is 1. The van der Waals surface area contributed by atoms with E-state index in [0.29, 0.717) is 0 Å². The summed E-state index contributed by atoms with van der Waals surface area (Å²) in [6, 6.07) is 13.7. The molecule has 4 rings (SSSR count). The smallest absolute Gasteiger partial charge is 0.262 e. The van der Waals surface area contributed by atoms with Crippen LogP contribution in [0.25, 0.3) is 16.2 Å². The summed E-state index contributed by atoms with van der Waals surface area (Å²) in [5, 5.41) is 4.97. The number of aromatic nitrogens is 2. The number of para-hydroxylation sites is 1. The molecule has 0 aliphatic carbocycles. The van der Waals surface area contributed by atoms with Crippen molar-refractivity contribution in [3.05, 3.63) is 71.4 Å². The van der Waals surface area contributed by atoms with Gasteiger partial charge in [-0.2, -0.15) is 0 Å². The molecule has 0 spiro atoms. The highest BCUT2D eigenvalue weighted by molar-refractivity contribution is 7.15. The number of nitrogens with one attached hydrogen (secondary N) is 1. The van der Waals surface area contributed by atoms with Crippen LogP contribution < -0.4 is 10.1 Å². The summed E-state index contributed by atoms with van der Waals surface area (Å²) in [4.78, 5) is 18.2. The molecule has 0 aliphatic heterocycles. The summed E-state index contributed by atoms with van der Waals surface area (Å²) in [5.41, 5.74) is 4.62. The fourth-order valence-corrected chi connectivity index (χ4v) is 4.06. The summed E-state index contributed by atoms with van der Waals surface area (Å²) in [6.45, 7) is 8.42. The van der Waals surface area contributed by atoms with E-state index in [0.717, 1.165) is 33.2 Å². The molecule has 6 heteroatoms. The molecule has 30 heavy (non-hydrogen) atoms. The first-order valence-electron chi connectivity index (χ1n) is 9.86. The number of anilines is 1. The molecule has 0 saturated carbocycles. The second-order valence-electron chi connectivity index (χ2n) is 8.35. The highest BCUT2D eigenvalue weighted by atomic mass is 32.1. The number of ether oxygens (including phenoxy) is 1. The minimum atomic E-state index is -0.205. The third-order valence-electron chi connectivity index (χ3n) is 4.87. The van der Waals surface area contributed by atoms with Gasteiger partial charge in [0, 0.05) is 23.3 Å². The Morgan fingerprint density at radius 3 is 2.77 bits per heavy atom. The van der Waals surface area contributed by atoms with E-state index in [1.165, 1.54) is 5.56 Å². The molecular weight excluding hydrogens is 394 g/mol. The van der Waals surface area contributed by atoms with Crippen LogP contribution in [0.5, 0.6) is 5.75 Å². The summed E-state index contributed by atoms with van der Waals surface area (Å²) >= 11 is 1.58. The molecule has 2 heterocycles. The number of nitrogens with zero attached hydrogens (tertiary/aromatic N) is 2. The number of hydrogen-bond acceptors (Lipinski definition) is 4. The number of aryl methyl sites for hydroxylation is 1. The first kappa shape index (κ1) is 20.2. The summed E-state index contributed by atoms with van der Waals surface area (Å²) in [5.74, 6) is 0.537. The Bertz CT molecular complexity index is 1170. The molecule has 1 N–H and O–H groups in total. The summed E-state index contributed by atoms with van der Waals surface area (Å²) in [7, 11) is 0. The Kier molecular flexibility index (Phi) is 5.35. The van der Waals surface area contributed by atoms with Crippen LogP contribution in [0, 0.1) is 6.92 Å². The van der Waals surface area contributed by atoms with Crippen molar-refractivity contribution in [2.45, 2.75) is 33.1 Å². The van der Waals surface area contributed by atoms with E-state index in [-0.39, 0.29) is 17.9 Å². The number of carbonyl (C=O) groups is 1. The lowest BCUT2D eigenvalue weighted by Crippen LogP contribution is -2.22. The Balaban J connectivity index is 1.50. The predicted octanol–water partition coefficient (Wildman–Crippen LogP) is 5.69. The van der Waals surface area contributed by atoms with Crippen molar-refractivity contribution in [2.75, 3.05) is 11.9 Å². The molecule has 5 nitrogen and oxygen atoms in total.